The predicted molar refractivity (Wildman–Crippen MR) is 121 cm³/mol. The van der Waals surface area contributed by atoms with E-state index in [0.29, 0.717) is 0 Å². The van der Waals surface area contributed by atoms with Crippen molar-refractivity contribution < 1.29 is 44.0 Å². The van der Waals surface area contributed by atoms with Gasteiger partial charge < -0.3 is 30.7 Å². The molecular weight excluding hydrogens is 460 g/mol. The van der Waals surface area contributed by atoms with Crippen LogP contribution < -0.4 is 10.6 Å². The van der Waals surface area contributed by atoms with Gasteiger partial charge >= 0.3 is 24.0 Å². The number of carbonyl (C=O) groups is 5. The molecule has 0 radical (unpaired) electrons. The van der Waals surface area contributed by atoms with Crippen LogP contribution in [0.2, 0.25) is 0 Å². The molecule has 0 saturated heterocycles. The van der Waals surface area contributed by atoms with Crippen molar-refractivity contribution in [2.45, 2.75) is 37.3 Å². The number of nitrogens with one attached hydrogen (secondary N) is 2. The monoisotopic (exact) mass is 484 g/mol. The van der Waals surface area contributed by atoms with E-state index in [-0.39, 0.29) is 18.9 Å². The zero-order chi connectivity index (χ0) is 25.5. The Labute approximate surface area is 199 Å². The highest BCUT2D eigenvalue weighted by Gasteiger charge is 2.31. The normalized spacial score (nSPS) is 13.6. The molecular formula is C24H24N2O9. The third-order valence-corrected chi connectivity index (χ3v) is 5.60. The van der Waals surface area contributed by atoms with Gasteiger partial charge in [-0.1, -0.05) is 48.5 Å². The summed E-state index contributed by atoms with van der Waals surface area (Å²) in [6.45, 7) is -0.0608. The largest absolute Gasteiger partial charge is 0.481 e. The average Bonchev–Trinajstić information content (AvgIpc) is 3.13. The van der Waals surface area contributed by atoms with Crippen molar-refractivity contribution in [3.63, 3.8) is 0 Å². The number of fused-ring (bicyclic) bond motifs is 3. The fourth-order valence-electron chi connectivity index (χ4n) is 3.95. The summed E-state index contributed by atoms with van der Waals surface area (Å²) in [5, 5.41) is 31.4. The van der Waals surface area contributed by atoms with Gasteiger partial charge in [-0.15, -0.1) is 0 Å². The molecule has 0 aliphatic heterocycles. The molecule has 2 aromatic rings. The van der Waals surface area contributed by atoms with Gasteiger partial charge in [-0.3, -0.25) is 9.59 Å². The lowest BCUT2D eigenvalue weighted by Crippen LogP contribution is -2.47. The number of hydrogen-bond acceptors (Lipinski definition) is 6. The van der Waals surface area contributed by atoms with Crippen LogP contribution in [0.3, 0.4) is 0 Å². The van der Waals surface area contributed by atoms with Gasteiger partial charge in [0.05, 0.1) is 6.42 Å². The van der Waals surface area contributed by atoms with Crippen LogP contribution in [0.5, 0.6) is 0 Å². The van der Waals surface area contributed by atoms with Gasteiger partial charge in [0.1, 0.15) is 18.7 Å². The summed E-state index contributed by atoms with van der Waals surface area (Å²) >= 11 is 0. The van der Waals surface area contributed by atoms with Crippen molar-refractivity contribution in [3.8, 4) is 11.1 Å². The smallest absolute Gasteiger partial charge is 0.407 e. The number of carboxylic acids is 3. The van der Waals surface area contributed by atoms with E-state index in [1.54, 1.807) is 0 Å². The highest BCUT2D eigenvalue weighted by Crippen LogP contribution is 2.44. The van der Waals surface area contributed by atoms with Gasteiger partial charge in [0.15, 0.2) is 0 Å². The van der Waals surface area contributed by atoms with Gasteiger partial charge in [0.2, 0.25) is 5.91 Å². The molecule has 2 amide bonds. The molecule has 0 aromatic heterocycles. The van der Waals surface area contributed by atoms with Crippen LogP contribution in [-0.4, -0.2) is 63.9 Å². The summed E-state index contributed by atoms with van der Waals surface area (Å²) < 4.78 is 5.28. The standard InChI is InChI=1S/C24H24N2O9/c27-20(25-18(22(30)31)9-10-21(28)29)11-19(23(32)33)26-24(34)35-12-17-15-7-3-1-5-13(15)14-6-2-4-8-16(14)17/h1-8,17-19H,9-12H2,(H,25,27)(H,26,34)(H,28,29)(H,30,31)(H,32,33)/t18-,19+/m0/s1. The van der Waals surface area contributed by atoms with Gasteiger partial charge in [-0.2, -0.15) is 0 Å². The van der Waals surface area contributed by atoms with E-state index in [9.17, 15) is 29.1 Å². The molecule has 5 N–H and O–H groups in total. The van der Waals surface area contributed by atoms with Crippen LogP contribution in [0.25, 0.3) is 11.1 Å². The number of ether oxygens (including phenoxy) is 1. The molecule has 11 heteroatoms. The molecule has 11 nitrogen and oxygen atoms in total. The molecule has 2 atom stereocenters. The second-order valence-electron chi connectivity index (χ2n) is 7.96. The van der Waals surface area contributed by atoms with Crippen molar-refractivity contribution in [3.05, 3.63) is 59.7 Å². The van der Waals surface area contributed by atoms with Gasteiger partial charge in [0, 0.05) is 12.3 Å². The fraction of sp³-hybridized carbons (Fsp3) is 0.292. The first kappa shape index (κ1) is 25.2. The van der Waals surface area contributed by atoms with Gasteiger partial charge in [-0.25, -0.2) is 14.4 Å². The Balaban J connectivity index is 1.59. The first-order valence-corrected chi connectivity index (χ1v) is 10.8. The molecule has 0 saturated carbocycles. The minimum atomic E-state index is -1.68. The molecule has 0 heterocycles. The Kier molecular flexibility index (Phi) is 8.03. The molecule has 3 rings (SSSR count). The minimum Gasteiger partial charge on any atom is -0.481 e. The third kappa shape index (κ3) is 6.34. The molecule has 1 aliphatic carbocycles. The number of alkyl carbamates (subject to hydrolysis) is 1. The Hall–Kier alpha value is -4.41. The van der Waals surface area contributed by atoms with Crippen molar-refractivity contribution in [1.29, 1.82) is 0 Å². The van der Waals surface area contributed by atoms with Gasteiger partial charge in [-0.05, 0) is 28.7 Å². The quantitative estimate of drug-likeness (QED) is 0.318. The van der Waals surface area contributed by atoms with E-state index < -0.39 is 54.8 Å². The van der Waals surface area contributed by atoms with Crippen LogP contribution in [0.15, 0.2) is 48.5 Å². The first-order chi connectivity index (χ1) is 16.7. The summed E-state index contributed by atoms with van der Waals surface area (Å²) in [6.07, 6.45) is -2.70. The van der Waals surface area contributed by atoms with Crippen LogP contribution in [0, 0.1) is 0 Å². The Morgan fingerprint density at radius 3 is 1.86 bits per heavy atom. The number of aliphatic carboxylic acids is 3. The molecule has 35 heavy (non-hydrogen) atoms. The van der Waals surface area contributed by atoms with E-state index in [2.05, 4.69) is 10.6 Å². The maximum atomic E-state index is 12.3. The van der Waals surface area contributed by atoms with Crippen LogP contribution in [0.1, 0.15) is 36.3 Å². The topological polar surface area (TPSA) is 179 Å². The van der Waals surface area contributed by atoms with Crippen LogP contribution in [-0.2, 0) is 23.9 Å². The maximum absolute atomic E-state index is 12.3. The number of hydrogen-bond donors (Lipinski definition) is 5. The zero-order valence-electron chi connectivity index (χ0n) is 18.5. The van der Waals surface area contributed by atoms with Crippen LogP contribution in [0.4, 0.5) is 4.79 Å². The SMILES string of the molecule is O=C(O)CC[C@H](NC(=O)C[C@@H](NC(=O)OCC1c2ccccc2-c2ccccc21)C(=O)O)C(=O)O. The number of rotatable bonds is 11. The van der Waals surface area contributed by atoms with E-state index in [1.807, 2.05) is 48.5 Å². The minimum absolute atomic E-state index is 0.0608. The number of amides is 2. The van der Waals surface area contributed by atoms with E-state index >= 15 is 0 Å². The fourth-order valence-corrected chi connectivity index (χ4v) is 3.95. The molecule has 0 bridgehead atoms. The Bertz CT molecular complexity index is 1100. The average molecular weight is 484 g/mol. The van der Waals surface area contributed by atoms with Crippen molar-refractivity contribution >= 4 is 29.9 Å². The van der Waals surface area contributed by atoms with E-state index in [1.165, 1.54) is 0 Å². The summed E-state index contributed by atoms with van der Waals surface area (Å²) in [7, 11) is 0. The number of benzene rings is 2. The van der Waals surface area contributed by atoms with Crippen LogP contribution >= 0.6 is 0 Å². The van der Waals surface area contributed by atoms with Crippen molar-refractivity contribution in [2.75, 3.05) is 6.61 Å². The van der Waals surface area contributed by atoms with E-state index in [0.717, 1.165) is 22.3 Å². The molecule has 1 aliphatic rings. The zero-order valence-corrected chi connectivity index (χ0v) is 18.5. The van der Waals surface area contributed by atoms with Crippen molar-refractivity contribution in [1.82, 2.24) is 10.6 Å². The Morgan fingerprint density at radius 1 is 0.800 bits per heavy atom. The molecule has 0 unspecified atom stereocenters. The molecule has 0 fully saturated rings. The summed E-state index contributed by atoms with van der Waals surface area (Å²) in [6, 6.07) is 12.2. The molecule has 184 valence electrons. The second-order valence-corrected chi connectivity index (χ2v) is 7.96. The van der Waals surface area contributed by atoms with Gasteiger partial charge in [0.25, 0.3) is 0 Å². The second kappa shape index (κ2) is 11.1. The third-order valence-electron chi connectivity index (χ3n) is 5.60. The lowest BCUT2D eigenvalue weighted by molar-refractivity contribution is -0.143. The van der Waals surface area contributed by atoms with Crippen molar-refractivity contribution in [2.24, 2.45) is 0 Å². The number of carboxylic acid groups (broad SMARTS) is 3. The first-order valence-electron chi connectivity index (χ1n) is 10.8. The molecule has 0 spiro atoms. The predicted octanol–water partition coefficient (Wildman–Crippen LogP) is 1.80. The highest BCUT2D eigenvalue weighted by atomic mass is 16.5. The highest BCUT2D eigenvalue weighted by molar-refractivity contribution is 5.89. The summed E-state index contributed by atoms with van der Waals surface area (Å²) in [5.74, 6) is -5.45. The summed E-state index contributed by atoms with van der Waals surface area (Å²) in [5.41, 5.74) is 3.98. The molecule has 2 aromatic carbocycles. The lowest BCUT2D eigenvalue weighted by atomic mass is 9.98. The lowest BCUT2D eigenvalue weighted by Gasteiger charge is -2.18. The Morgan fingerprint density at radius 2 is 1.34 bits per heavy atom. The maximum Gasteiger partial charge on any atom is 0.407 e. The summed E-state index contributed by atoms with van der Waals surface area (Å²) in [4.78, 5) is 57.9. The number of carbonyl (C=O) groups excluding carboxylic acids is 2. The van der Waals surface area contributed by atoms with E-state index in [4.69, 9.17) is 14.9 Å².